The zero-order chi connectivity index (χ0) is 15.8. The molecule has 1 aliphatic rings. The Balaban J connectivity index is 1.87. The van der Waals surface area contributed by atoms with Crippen molar-refractivity contribution in [2.24, 2.45) is 0 Å². The number of benzene rings is 3. The van der Waals surface area contributed by atoms with Crippen molar-refractivity contribution in [2.75, 3.05) is 4.90 Å². The Morgan fingerprint density at radius 3 is 1.74 bits per heavy atom. The maximum atomic E-state index is 6.05. The van der Waals surface area contributed by atoms with E-state index < -0.39 is 0 Å². The second-order valence-electron chi connectivity index (χ2n) is 6.12. The fraction of sp³-hybridized carbons (Fsp3) is 0.143. The second-order valence-corrected chi connectivity index (χ2v) is 6.12. The topological polar surface area (TPSA) is 12.5 Å². The van der Waals surface area contributed by atoms with Gasteiger partial charge in [0.15, 0.2) is 11.5 Å². The Kier molecular flexibility index (Phi) is 3.30. The number of anilines is 3. The van der Waals surface area contributed by atoms with E-state index >= 15 is 0 Å². The molecule has 3 aromatic carbocycles. The molecule has 0 fully saturated rings. The molecule has 1 heterocycles. The van der Waals surface area contributed by atoms with Crippen molar-refractivity contribution in [3.05, 3.63) is 78.4 Å². The van der Waals surface area contributed by atoms with Crippen LogP contribution in [0.5, 0.6) is 11.5 Å². The zero-order valence-electron chi connectivity index (χ0n) is 13.4. The van der Waals surface area contributed by atoms with E-state index in [-0.39, 0.29) is 0 Å². The molecular formula is C21H19NO. The lowest BCUT2D eigenvalue weighted by Gasteiger charge is -2.32. The largest absolute Gasteiger partial charge is 0.453 e. The SMILES string of the molecule is CC(C)c1ccc(N2c3ccccc3Oc3ccccc32)cc1. The molecule has 0 spiro atoms. The summed E-state index contributed by atoms with van der Waals surface area (Å²) in [6.45, 7) is 4.43. The maximum Gasteiger partial charge on any atom is 0.151 e. The van der Waals surface area contributed by atoms with Crippen LogP contribution in [0.15, 0.2) is 72.8 Å². The molecule has 2 nitrogen and oxygen atoms in total. The fourth-order valence-corrected chi connectivity index (χ4v) is 2.99. The van der Waals surface area contributed by atoms with Crippen LogP contribution in [0, 0.1) is 0 Å². The smallest absolute Gasteiger partial charge is 0.151 e. The van der Waals surface area contributed by atoms with Gasteiger partial charge in [0.05, 0.1) is 11.4 Å². The number of hydrogen-bond acceptors (Lipinski definition) is 2. The van der Waals surface area contributed by atoms with Crippen LogP contribution in [0.4, 0.5) is 17.1 Å². The monoisotopic (exact) mass is 301 g/mol. The Hall–Kier alpha value is -2.74. The van der Waals surface area contributed by atoms with Crippen LogP contribution in [0.3, 0.4) is 0 Å². The molecule has 1 aliphatic heterocycles. The summed E-state index contributed by atoms with van der Waals surface area (Å²) < 4.78 is 6.05. The van der Waals surface area contributed by atoms with E-state index in [0.29, 0.717) is 5.92 Å². The molecule has 0 bridgehead atoms. The molecule has 0 saturated carbocycles. The molecule has 0 radical (unpaired) electrons. The number of nitrogens with zero attached hydrogens (tertiary/aromatic N) is 1. The number of ether oxygens (including phenoxy) is 1. The molecule has 0 unspecified atom stereocenters. The number of rotatable bonds is 2. The van der Waals surface area contributed by atoms with Gasteiger partial charge < -0.3 is 9.64 Å². The lowest BCUT2D eigenvalue weighted by Crippen LogP contribution is -2.15. The predicted octanol–water partition coefficient (Wildman–Crippen LogP) is 6.39. The summed E-state index contributed by atoms with van der Waals surface area (Å²) in [5.41, 5.74) is 4.65. The van der Waals surface area contributed by atoms with Crippen molar-refractivity contribution in [2.45, 2.75) is 19.8 Å². The highest BCUT2D eigenvalue weighted by atomic mass is 16.5. The highest BCUT2D eigenvalue weighted by molar-refractivity contribution is 5.86. The van der Waals surface area contributed by atoms with E-state index in [1.807, 2.05) is 36.4 Å². The van der Waals surface area contributed by atoms with Gasteiger partial charge in [-0.05, 0) is 47.9 Å². The summed E-state index contributed by atoms with van der Waals surface area (Å²) in [6.07, 6.45) is 0. The first-order valence-corrected chi connectivity index (χ1v) is 8.00. The normalized spacial score (nSPS) is 12.6. The quantitative estimate of drug-likeness (QED) is 0.425. The van der Waals surface area contributed by atoms with Crippen LogP contribution in [-0.2, 0) is 0 Å². The van der Waals surface area contributed by atoms with Crippen molar-refractivity contribution >= 4 is 17.1 Å². The van der Waals surface area contributed by atoms with Crippen LogP contribution in [-0.4, -0.2) is 0 Å². The predicted molar refractivity (Wildman–Crippen MR) is 95.3 cm³/mol. The molecule has 23 heavy (non-hydrogen) atoms. The van der Waals surface area contributed by atoms with Crippen LogP contribution in [0.25, 0.3) is 0 Å². The van der Waals surface area contributed by atoms with E-state index in [1.54, 1.807) is 0 Å². The lowest BCUT2D eigenvalue weighted by atomic mass is 10.0. The summed E-state index contributed by atoms with van der Waals surface area (Å²) in [5.74, 6) is 2.31. The summed E-state index contributed by atoms with van der Waals surface area (Å²) in [5, 5.41) is 0. The van der Waals surface area contributed by atoms with Crippen LogP contribution in [0.1, 0.15) is 25.3 Å². The molecule has 114 valence electrons. The van der Waals surface area contributed by atoms with Gasteiger partial charge in [-0.25, -0.2) is 0 Å². The van der Waals surface area contributed by atoms with Gasteiger partial charge >= 0.3 is 0 Å². The van der Waals surface area contributed by atoms with Gasteiger partial charge in [-0.1, -0.05) is 50.2 Å². The molecule has 0 atom stereocenters. The van der Waals surface area contributed by atoms with E-state index in [0.717, 1.165) is 28.6 Å². The molecule has 0 aliphatic carbocycles. The molecule has 3 aromatic rings. The van der Waals surface area contributed by atoms with E-state index in [4.69, 9.17) is 4.74 Å². The zero-order valence-corrected chi connectivity index (χ0v) is 13.4. The van der Waals surface area contributed by atoms with Crippen LogP contribution < -0.4 is 9.64 Å². The first-order valence-electron chi connectivity index (χ1n) is 8.00. The molecule has 4 rings (SSSR count). The molecule has 2 heteroatoms. The third-order valence-corrected chi connectivity index (χ3v) is 4.25. The van der Waals surface area contributed by atoms with Crippen LogP contribution >= 0.6 is 0 Å². The second kappa shape index (κ2) is 5.47. The van der Waals surface area contributed by atoms with E-state index in [1.165, 1.54) is 5.56 Å². The first-order chi connectivity index (χ1) is 11.2. The highest BCUT2D eigenvalue weighted by Gasteiger charge is 2.24. The third-order valence-electron chi connectivity index (χ3n) is 4.25. The van der Waals surface area contributed by atoms with Crippen molar-refractivity contribution in [1.29, 1.82) is 0 Å². The maximum absolute atomic E-state index is 6.05. The Labute approximate surface area is 137 Å². The standard InChI is InChI=1S/C21H19NO/c1-15(2)16-11-13-17(14-12-16)22-18-7-3-5-9-20(18)23-21-10-6-4-8-19(21)22/h3-15H,1-2H3. The first kappa shape index (κ1) is 13.9. The van der Waals surface area contributed by atoms with Crippen molar-refractivity contribution in [3.63, 3.8) is 0 Å². The molecule has 0 N–H and O–H groups in total. The summed E-state index contributed by atoms with van der Waals surface area (Å²) in [6, 6.07) is 25.1. The molecular weight excluding hydrogens is 282 g/mol. The van der Waals surface area contributed by atoms with Crippen LogP contribution in [0.2, 0.25) is 0 Å². The Morgan fingerprint density at radius 2 is 1.22 bits per heavy atom. The lowest BCUT2D eigenvalue weighted by molar-refractivity contribution is 0.477. The minimum atomic E-state index is 0.535. The van der Waals surface area contributed by atoms with Crippen molar-refractivity contribution in [3.8, 4) is 11.5 Å². The summed E-state index contributed by atoms with van der Waals surface area (Å²) in [7, 11) is 0. The van der Waals surface area contributed by atoms with Gasteiger partial charge in [-0.15, -0.1) is 0 Å². The minimum Gasteiger partial charge on any atom is -0.453 e. The number of fused-ring (bicyclic) bond motifs is 2. The Bertz CT molecular complexity index is 791. The van der Waals surface area contributed by atoms with Crippen molar-refractivity contribution < 1.29 is 4.74 Å². The van der Waals surface area contributed by atoms with Gasteiger partial charge in [0.1, 0.15) is 0 Å². The third kappa shape index (κ3) is 2.36. The van der Waals surface area contributed by atoms with Gasteiger partial charge in [0.25, 0.3) is 0 Å². The Morgan fingerprint density at radius 1 is 0.696 bits per heavy atom. The molecule has 0 saturated heterocycles. The summed E-state index contributed by atoms with van der Waals surface area (Å²) >= 11 is 0. The number of para-hydroxylation sites is 4. The van der Waals surface area contributed by atoms with Gasteiger partial charge in [-0.3, -0.25) is 0 Å². The van der Waals surface area contributed by atoms with Gasteiger partial charge in [0, 0.05) is 5.69 Å². The molecule has 0 aromatic heterocycles. The average Bonchev–Trinajstić information content (AvgIpc) is 2.59. The van der Waals surface area contributed by atoms with Gasteiger partial charge in [0.2, 0.25) is 0 Å². The highest BCUT2D eigenvalue weighted by Crippen LogP contribution is 2.49. The average molecular weight is 301 g/mol. The molecule has 0 amide bonds. The van der Waals surface area contributed by atoms with E-state index in [2.05, 4.69) is 55.1 Å². The van der Waals surface area contributed by atoms with Crippen molar-refractivity contribution in [1.82, 2.24) is 0 Å². The van der Waals surface area contributed by atoms with E-state index in [9.17, 15) is 0 Å². The fourth-order valence-electron chi connectivity index (χ4n) is 2.99. The minimum absolute atomic E-state index is 0.535. The summed E-state index contributed by atoms with van der Waals surface area (Å²) in [4.78, 5) is 2.26. The van der Waals surface area contributed by atoms with Gasteiger partial charge in [-0.2, -0.15) is 0 Å². The number of hydrogen-bond donors (Lipinski definition) is 0.